The Morgan fingerprint density at radius 2 is 1.23 bits per heavy atom. The molecule has 4 aromatic rings. The van der Waals surface area contributed by atoms with Gasteiger partial charge >= 0.3 is 17.1 Å². The Hall–Kier alpha value is -4.35. The number of alkyl halides is 2. The van der Waals surface area contributed by atoms with Crippen LogP contribution in [0.15, 0.2) is 12.7 Å². The maximum Gasteiger partial charge on any atom is 0.335 e. The maximum absolute atomic E-state index is 17.3. The largest absolute Gasteiger partial charge is 0.414 e. The zero-order chi connectivity index (χ0) is 51.5. The first-order valence-corrected chi connectivity index (χ1v) is 27.4. The molecular formula is C44H72F2N12O9Si2. The highest BCUT2D eigenvalue weighted by Gasteiger charge is 2.65. The molecule has 0 bridgehead atoms. The standard InChI is InChI=1S/C27H47FN6O5Si2.C17H25FN6O4/c1-15(2)40(16(3)4)36-13-20-22(38-41(39-40,17(5)6)18(7)8)27(10,28)25(37-20)34-14-29-21-23(33(11)12)31-26(30-19(9)35)32-24(21)34;1-8(2)14(27)22-16-20-12(23(4)5)10-13(21-16)24(7-19-10)15-17(3,18)11(26)9(6-25)28-15/h14-18,20,22,25H,13H2,1-12H3,(H,30,31,32,35);7-9,11,15,25-26H,6H2,1-5H3,(H,20,21,22,27)/t20-,22-,25-,27-;9-,11-,15-,17-/m11/s1. The van der Waals surface area contributed by atoms with Crippen molar-refractivity contribution in [1.82, 2.24) is 39.0 Å². The van der Waals surface area contributed by atoms with Crippen LogP contribution in [-0.4, -0.2) is 155 Å². The van der Waals surface area contributed by atoms with E-state index in [1.807, 2.05) is 14.1 Å². The van der Waals surface area contributed by atoms with E-state index in [0.29, 0.717) is 28.3 Å². The molecule has 4 N–H and O–H groups in total. The van der Waals surface area contributed by atoms with Gasteiger partial charge in [-0.2, -0.15) is 19.9 Å². The summed E-state index contributed by atoms with van der Waals surface area (Å²) in [5.74, 6) is 0.214. The monoisotopic (exact) mass is 1010 g/mol. The summed E-state index contributed by atoms with van der Waals surface area (Å²) in [4.78, 5) is 53.8. The van der Waals surface area contributed by atoms with Crippen LogP contribution in [0.4, 0.5) is 32.3 Å². The van der Waals surface area contributed by atoms with E-state index in [4.69, 9.17) is 22.4 Å². The molecule has 21 nitrogen and oxygen atoms in total. The molecule has 8 atom stereocenters. The van der Waals surface area contributed by atoms with Gasteiger partial charge in [0.25, 0.3) is 0 Å². The van der Waals surface area contributed by atoms with E-state index in [1.54, 1.807) is 42.3 Å². The third-order valence-corrected chi connectivity index (χ3v) is 23.3. The van der Waals surface area contributed by atoms with Crippen molar-refractivity contribution in [1.29, 1.82) is 0 Å². The Balaban J connectivity index is 0.000000243. The lowest BCUT2D eigenvalue weighted by Crippen LogP contribution is -2.66. The highest BCUT2D eigenvalue weighted by atomic mass is 28.5. The van der Waals surface area contributed by atoms with Gasteiger partial charge in [0.05, 0.1) is 25.9 Å². The average molecular weight is 1010 g/mol. The zero-order valence-electron chi connectivity index (χ0n) is 42.9. The van der Waals surface area contributed by atoms with Crippen LogP contribution in [0.5, 0.6) is 0 Å². The number of carbonyl (C=O) groups excluding carboxylic acids is 2. The number of fused-ring (bicyclic) bond motifs is 3. The summed E-state index contributed by atoms with van der Waals surface area (Å²) >= 11 is 0. The van der Waals surface area contributed by atoms with Gasteiger partial charge in [0.2, 0.25) is 23.7 Å². The number of halogens is 2. The van der Waals surface area contributed by atoms with E-state index in [1.165, 1.54) is 38.0 Å². The lowest BCUT2D eigenvalue weighted by atomic mass is 9.98. The molecule has 0 spiro atoms. The van der Waals surface area contributed by atoms with E-state index in [2.05, 4.69) is 95.9 Å². The number of nitrogens with one attached hydrogen (secondary N) is 2. The number of rotatable bonds is 12. The van der Waals surface area contributed by atoms with Gasteiger partial charge in [0, 0.05) is 41.0 Å². The summed E-state index contributed by atoms with van der Waals surface area (Å²) in [6.45, 7) is 24.2. The second kappa shape index (κ2) is 20.0. The number of aliphatic hydroxyl groups is 2. The fraction of sp³-hybridized carbons (Fsp3) is 0.727. The molecule has 3 fully saturated rings. The number of hydrogen-bond donors (Lipinski definition) is 4. The third kappa shape index (κ3) is 9.86. The van der Waals surface area contributed by atoms with Crippen molar-refractivity contribution >= 4 is 74.8 Å². The minimum absolute atomic E-state index is 0.0498. The quantitative estimate of drug-likeness (QED) is 0.121. The van der Waals surface area contributed by atoms with Crippen LogP contribution < -0.4 is 20.4 Å². The molecule has 0 aliphatic carbocycles. The van der Waals surface area contributed by atoms with Crippen LogP contribution in [0.2, 0.25) is 22.2 Å². The number of aliphatic hydroxyl groups excluding tert-OH is 2. The molecule has 7 rings (SSSR count). The average Bonchev–Trinajstić information content (AvgIpc) is 3.97. The molecule has 0 unspecified atom stereocenters. The number of carbonyl (C=O) groups is 2. The highest BCUT2D eigenvalue weighted by molar-refractivity contribution is 6.84. The molecule has 3 saturated heterocycles. The van der Waals surface area contributed by atoms with Crippen molar-refractivity contribution in [2.75, 3.05) is 61.8 Å². The van der Waals surface area contributed by atoms with Crippen LogP contribution in [-0.2, 0) is 32.0 Å². The van der Waals surface area contributed by atoms with Crippen molar-refractivity contribution in [2.24, 2.45) is 5.92 Å². The number of ether oxygens (including phenoxy) is 2. The Kier molecular flexibility index (Phi) is 15.7. The minimum atomic E-state index is -3.06. The van der Waals surface area contributed by atoms with Gasteiger partial charge in [-0.15, -0.1) is 0 Å². The first-order chi connectivity index (χ1) is 32.0. The molecule has 384 valence electrons. The molecule has 3 aliphatic rings. The van der Waals surface area contributed by atoms with Gasteiger partial charge in [-0.1, -0.05) is 69.2 Å². The second-order valence-corrected chi connectivity index (χ2v) is 29.3. The van der Waals surface area contributed by atoms with E-state index < -0.39 is 71.9 Å². The van der Waals surface area contributed by atoms with E-state index >= 15 is 8.78 Å². The van der Waals surface area contributed by atoms with Gasteiger partial charge in [-0.05, 0) is 36.0 Å². The van der Waals surface area contributed by atoms with E-state index in [0.717, 1.165) is 0 Å². The summed E-state index contributed by atoms with van der Waals surface area (Å²) in [7, 11) is 1.27. The van der Waals surface area contributed by atoms with E-state index in [-0.39, 0.29) is 64.0 Å². The van der Waals surface area contributed by atoms with Gasteiger partial charge in [0.15, 0.2) is 57.8 Å². The van der Waals surface area contributed by atoms with Gasteiger partial charge < -0.3 is 42.5 Å². The van der Waals surface area contributed by atoms with Crippen molar-refractivity contribution in [3.8, 4) is 0 Å². The van der Waals surface area contributed by atoms with Crippen molar-refractivity contribution in [3.05, 3.63) is 12.7 Å². The topological polar surface area (TPSA) is 238 Å². The van der Waals surface area contributed by atoms with Gasteiger partial charge in [0.1, 0.15) is 24.4 Å². The lowest BCUT2D eigenvalue weighted by molar-refractivity contribution is -0.119. The van der Waals surface area contributed by atoms with Crippen LogP contribution in [0.3, 0.4) is 0 Å². The van der Waals surface area contributed by atoms with Gasteiger partial charge in [-0.25, -0.2) is 18.7 Å². The molecule has 3 aliphatic heterocycles. The highest BCUT2D eigenvalue weighted by Crippen LogP contribution is 2.52. The molecule has 2 amide bonds. The van der Waals surface area contributed by atoms with Crippen LogP contribution in [0.1, 0.15) is 102 Å². The molecular weight excluding hydrogens is 935 g/mol. The molecule has 4 aromatic heterocycles. The molecule has 0 saturated carbocycles. The summed E-state index contributed by atoms with van der Waals surface area (Å²) in [5.41, 5.74) is -2.33. The molecule has 0 aromatic carbocycles. The SMILES string of the molecule is CC(=O)Nc1nc(N(C)C)c2ncn([C@@H]3O[C@@H]4CO[Si](C(C)C)(C(C)C)O[Si](C(C)C)(C(C)C)O[C@H]4[C@@]3(C)F)c2n1.CC(C)C(=O)Nc1nc(N(C)C)c2ncn([C@@H]3O[C@H](CO)[C@@H](O)[C@@]3(C)F)c2n1. The van der Waals surface area contributed by atoms with Crippen LogP contribution in [0.25, 0.3) is 22.3 Å². The predicted molar refractivity (Wildman–Crippen MR) is 261 cm³/mol. The Bertz CT molecular complexity index is 2470. The van der Waals surface area contributed by atoms with Crippen LogP contribution in [0, 0.1) is 5.92 Å². The minimum Gasteiger partial charge on any atom is -0.414 e. The summed E-state index contributed by atoms with van der Waals surface area (Å²) < 4.78 is 68.5. The third-order valence-electron chi connectivity index (χ3n) is 13.1. The fourth-order valence-electron chi connectivity index (χ4n) is 9.31. The van der Waals surface area contributed by atoms with Crippen molar-refractivity contribution in [2.45, 2.75) is 160 Å². The molecule has 69 heavy (non-hydrogen) atoms. The van der Waals surface area contributed by atoms with Crippen molar-refractivity contribution < 1.29 is 51.0 Å². The van der Waals surface area contributed by atoms with Crippen LogP contribution >= 0.6 is 0 Å². The first kappa shape index (κ1) is 54.0. The number of aromatic nitrogens is 8. The summed E-state index contributed by atoms with van der Waals surface area (Å²) in [6, 6.07) is 0. The smallest absolute Gasteiger partial charge is 0.335 e. The fourth-order valence-corrected chi connectivity index (χ4v) is 20.6. The van der Waals surface area contributed by atoms with Gasteiger partial charge in [-0.3, -0.25) is 29.4 Å². The first-order valence-electron chi connectivity index (χ1n) is 23.5. The molecule has 0 radical (unpaired) electrons. The lowest BCUT2D eigenvalue weighted by Gasteiger charge is -2.51. The molecule has 7 heterocycles. The molecule has 25 heteroatoms. The number of hydrogen-bond acceptors (Lipinski definition) is 17. The Labute approximate surface area is 404 Å². The summed E-state index contributed by atoms with van der Waals surface area (Å²) in [5, 5.41) is 24.8. The Morgan fingerprint density at radius 3 is 1.64 bits per heavy atom. The second-order valence-electron chi connectivity index (χ2n) is 20.5. The zero-order valence-corrected chi connectivity index (χ0v) is 44.9. The number of anilines is 4. The number of nitrogens with zero attached hydrogens (tertiary/aromatic N) is 10. The maximum atomic E-state index is 17.3. The van der Waals surface area contributed by atoms with Crippen molar-refractivity contribution in [3.63, 3.8) is 0 Å². The number of amides is 2. The Morgan fingerprint density at radius 1 is 0.768 bits per heavy atom. The van der Waals surface area contributed by atoms with E-state index in [9.17, 15) is 19.8 Å². The predicted octanol–water partition coefficient (Wildman–Crippen LogP) is 5.90. The summed E-state index contributed by atoms with van der Waals surface area (Å²) in [6.07, 6.45) is -3.71. The normalized spacial score (nSPS) is 27.7. The number of imidazole rings is 2.